The van der Waals surface area contributed by atoms with Crippen LogP contribution >= 0.6 is 0 Å². The predicted molar refractivity (Wildman–Crippen MR) is 61.0 cm³/mol. The van der Waals surface area contributed by atoms with Crippen molar-refractivity contribution in [3.63, 3.8) is 0 Å². The molecular formula is C13H11FO3. The molecule has 0 spiro atoms. The van der Waals surface area contributed by atoms with Crippen LogP contribution in [0.2, 0.25) is 0 Å². The van der Waals surface area contributed by atoms with Gasteiger partial charge in [0, 0.05) is 12.3 Å². The van der Waals surface area contributed by atoms with E-state index in [0.29, 0.717) is 16.3 Å². The topological polar surface area (TPSA) is 46.5 Å². The van der Waals surface area contributed by atoms with Gasteiger partial charge in [0.05, 0.1) is 0 Å². The van der Waals surface area contributed by atoms with Gasteiger partial charge in [-0.25, -0.2) is 4.39 Å². The number of aromatic hydroxyl groups is 1. The van der Waals surface area contributed by atoms with Crippen molar-refractivity contribution in [3.8, 4) is 5.75 Å². The molecule has 0 aliphatic carbocycles. The van der Waals surface area contributed by atoms with E-state index in [1.165, 1.54) is 25.1 Å². The van der Waals surface area contributed by atoms with Crippen molar-refractivity contribution in [1.82, 2.24) is 0 Å². The van der Waals surface area contributed by atoms with Crippen molar-refractivity contribution in [1.29, 1.82) is 0 Å². The first-order chi connectivity index (χ1) is 8.06. The molecule has 2 aromatic carbocycles. The summed E-state index contributed by atoms with van der Waals surface area (Å²) in [5.41, 5.74) is 0.664. The molecule has 2 rings (SSSR count). The minimum Gasteiger partial charge on any atom is -0.507 e. The molecular weight excluding hydrogens is 223 g/mol. The maximum absolute atomic E-state index is 13.0. The van der Waals surface area contributed by atoms with E-state index in [1.807, 2.05) is 0 Å². The number of fused-ring (bicyclic) bond motifs is 1. The van der Waals surface area contributed by atoms with Crippen molar-refractivity contribution in [3.05, 3.63) is 41.7 Å². The molecule has 0 aromatic heterocycles. The summed E-state index contributed by atoms with van der Waals surface area (Å²) in [5, 5.41) is 10.9. The third-order valence-electron chi connectivity index (χ3n) is 2.40. The number of phenolic OH excluding ortho intramolecular Hbond substituents is 1. The van der Waals surface area contributed by atoms with Crippen molar-refractivity contribution < 1.29 is 19.0 Å². The molecule has 0 fully saturated rings. The molecule has 2 aromatic rings. The number of carbonyl (C=O) groups excluding carboxylic acids is 1. The van der Waals surface area contributed by atoms with Crippen LogP contribution in [-0.2, 0) is 16.1 Å². The summed E-state index contributed by atoms with van der Waals surface area (Å²) < 4.78 is 17.8. The van der Waals surface area contributed by atoms with E-state index < -0.39 is 5.82 Å². The molecule has 3 nitrogen and oxygen atoms in total. The maximum atomic E-state index is 13.0. The van der Waals surface area contributed by atoms with Crippen LogP contribution in [0.15, 0.2) is 30.3 Å². The van der Waals surface area contributed by atoms with Crippen molar-refractivity contribution >= 4 is 16.7 Å². The number of hydrogen-bond donors (Lipinski definition) is 1. The summed E-state index contributed by atoms with van der Waals surface area (Å²) >= 11 is 0. The fraction of sp³-hybridized carbons (Fsp3) is 0.154. The van der Waals surface area contributed by atoms with E-state index in [4.69, 9.17) is 4.74 Å². The smallest absolute Gasteiger partial charge is 0.302 e. The Morgan fingerprint density at radius 2 is 2.12 bits per heavy atom. The van der Waals surface area contributed by atoms with Gasteiger partial charge in [0.25, 0.3) is 0 Å². The van der Waals surface area contributed by atoms with E-state index in [0.717, 1.165) is 0 Å². The minimum absolute atomic E-state index is 0.0239. The lowest BCUT2D eigenvalue weighted by molar-refractivity contribution is -0.142. The number of hydrogen-bond acceptors (Lipinski definition) is 3. The molecule has 0 aliphatic heterocycles. The van der Waals surface area contributed by atoms with E-state index >= 15 is 0 Å². The van der Waals surface area contributed by atoms with Crippen molar-refractivity contribution in [2.75, 3.05) is 0 Å². The van der Waals surface area contributed by atoms with Crippen LogP contribution < -0.4 is 0 Å². The number of ether oxygens (including phenoxy) is 1. The van der Waals surface area contributed by atoms with Gasteiger partial charge in [-0.2, -0.15) is 0 Å². The van der Waals surface area contributed by atoms with Crippen LogP contribution in [0, 0.1) is 5.82 Å². The van der Waals surface area contributed by atoms with Crippen molar-refractivity contribution in [2.45, 2.75) is 13.5 Å². The first-order valence-corrected chi connectivity index (χ1v) is 5.11. The maximum Gasteiger partial charge on any atom is 0.302 e. The zero-order valence-electron chi connectivity index (χ0n) is 9.24. The minimum atomic E-state index is -0.402. The lowest BCUT2D eigenvalue weighted by Gasteiger charge is -2.06. The fourth-order valence-corrected chi connectivity index (χ4v) is 1.64. The molecule has 17 heavy (non-hydrogen) atoms. The highest BCUT2D eigenvalue weighted by Gasteiger charge is 2.05. The SMILES string of the molecule is CC(=O)OCc1cc(O)c2cc(F)ccc2c1. The number of benzene rings is 2. The zero-order valence-corrected chi connectivity index (χ0v) is 9.24. The third-order valence-corrected chi connectivity index (χ3v) is 2.40. The average molecular weight is 234 g/mol. The second kappa shape index (κ2) is 4.41. The lowest BCUT2D eigenvalue weighted by atomic mass is 10.1. The highest BCUT2D eigenvalue weighted by atomic mass is 19.1. The van der Waals surface area contributed by atoms with Gasteiger partial charge in [-0.05, 0) is 35.2 Å². The van der Waals surface area contributed by atoms with Crippen LogP contribution in [0.4, 0.5) is 4.39 Å². The van der Waals surface area contributed by atoms with Gasteiger partial charge in [-0.1, -0.05) is 6.07 Å². The van der Waals surface area contributed by atoms with Crippen LogP contribution in [0.25, 0.3) is 10.8 Å². The van der Waals surface area contributed by atoms with E-state index in [2.05, 4.69) is 0 Å². The summed E-state index contributed by atoms with van der Waals surface area (Å²) in [7, 11) is 0. The molecule has 0 heterocycles. The molecule has 1 N–H and O–H groups in total. The Bertz CT molecular complexity index is 578. The predicted octanol–water partition coefficient (Wildman–Crippen LogP) is 2.75. The molecule has 0 aliphatic rings. The van der Waals surface area contributed by atoms with Gasteiger partial charge in [0.2, 0.25) is 0 Å². The average Bonchev–Trinajstić information content (AvgIpc) is 2.27. The van der Waals surface area contributed by atoms with Gasteiger partial charge >= 0.3 is 5.97 Å². The second-order valence-corrected chi connectivity index (χ2v) is 3.76. The molecule has 0 saturated heterocycles. The highest BCUT2D eigenvalue weighted by molar-refractivity contribution is 5.88. The molecule has 0 atom stereocenters. The number of carbonyl (C=O) groups is 1. The summed E-state index contributed by atoms with van der Waals surface area (Å²) in [4.78, 5) is 10.7. The Morgan fingerprint density at radius 1 is 1.35 bits per heavy atom. The molecule has 0 bridgehead atoms. The summed E-state index contributed by atoms with van der Waals surface area (Å²) in [6, 6.07) is 7.36. The quantitative estimate of drug-likeness (QED) is 0.813. The number of halogens is 1. The Kier molecular flexibility index (Phi) is 2.95. The summed E-state index contributed by atoms with van der Waals surface area (Å²) in [6.07, 6.45) is 0. The lowest BCUT2D eigenvalue weighted by Crippen LogP contribution is -1.98. The normalized spacial score (nSPS) is 10.5. The van der Waals surface area contributed by atoms with Gasteiger partial charge < -0.3 is 9.84 Å². The standard InChI is InChI=1S/C13H11FO3/c1-8(15)17-7-9-4-10-2-3-11(14)6-12(10)13(16)5-9/h2-6,16H,7H2,1H3. The Hall–Kier alpha value is -2.10. The number of phenols is 1. The van der Waals surface area contributed by atoms with Crippen LogP contribution in [0.1, 0.15) is 12.5 Å². The van der Waals surface area contributed by atoms with E-state index in [1.54, 1.807) is 12.1 Å². The molecule has 0 amide bonds. The van der Waals surface area contributed by atoms with Crippen LogP contribution in [0.3, 0.4) is 0 Å². The Labute approximate surface area is 97.4 Å². The number of rotatable bonds is 2. The number of esters is 1. The monoisotopic (exact) mass is 234 g/mol. The van der Waals surface area contributed by atoms with Crippen LogP contribution in [-0.4, -0.2) is 11.1 Å². The molecule has 0 unspecified atom stereocenters. The zero-order chi connectivity index (χ0) is 12.4. The Balaban J connectivity index is 2.41. The Morgan fingerprint density at radius 3 is 2.82 bits per heavy atom. The summed E-state index contributed by atoms with van der Waals surface area (Å²) in [6.45, 7) is 1.41. The first-order valence-electron chi connectivity index (χ1n) is 5.11. The largest absolute Gasteiger partial charge is 0.507 e. The third kappa shape index (κ3) is 2.53. The van der Waals surface area contributed by atoms with Crippen LogP contribution in [0.5, 0.6) is 5.75 Å². The summed E-state index contributed by atoms with van der Waals surface area (Å²) in [5.74, 6) is -0.812. The van der Waals surface area contributed by atoms with E-state index in [-0.39, 0.29) is 18.3 Å². The van der Waals surface area contributed by atoms with E-state index in [9.17, 15) is 14.3 Å². The second-order valence-electron chi connectivity index (χ2n) is 3.76. The first kappa shape index (κ1) is 11.4. The highest BCUT2D eigenvalue weighted by Crippen LogP contribution is 2.27. The van der Waals surface area contributed by atoms with Gasteiger partial charge in [-0.15, -0.1) is 0 Å². The van der Waals surface area contributed by atoms with Crippen molar-refractivity contribution in [2.24, 2.45) is 0 Å². The van der Waals surface area contributed by atoms with Gasteiger partial charge in [0.15, 0.2) is 0 Å². The van der Waals surface area contributed by atoms with Gasteiger partial charge in [-0.3, -0.25) is 4.79 Å². The molecule has 4 heteroatoms. The molecule has 88 valence electrons. The van der Waals surface area contributed by atoms with Gasteiger partial charge in [0.1, 0.15) is 18.2 Å². The molecule has 0 saturated carbocycles. The molecule has 0 radical (unpaired) electrons. The fourth-order valence-electron chi connectivity index (χ4n) is 1.64.